The van der Waals surface area contributed by atoms with Crippen molar-refractivity contribution in [2.75, 3.05) is 26.1 Å². The molecule has 4 heteroatoms. The summed E-state index contributed by atoms with van der Waals surface area (Å²) in [5, 5.41) is 1.03. The van der Waals surface area contributed by atoms with Gasteiger partial charge in [-0.15, -0.1) is 0 Å². The molecule has 0 spiro atoms. The third-order valence-corrected chi connectivity index (χ3v) is 2.82. The lowest BCUT2D eigenvalue weighted by atomic mass is 10.1. The van der Waals surface area contributed by atoms with Gasteiger partial charge in [0.15, 0.2) is 0 Å². The molecule has 0 N–H and O–H groups in total. The molecule has 0 aliphatic rings. The van der Waals surface area contributed by atoms with E-state index in [2.05, 4.69) is 4.98 Å². The molecule has 0 bridgehead atoms. The van der Waals surface area contributed by atoms with Crippen molar-refractivity contribution in [1.82, 2.24) is 4.98 Å². The van der Waals surface area contributed by atoms with Crippen LogP contribution in [0.25, 0.3) is 10.9 Å². The molecule has 0 amide bonds. The predicted octanol–water partition coefficient (Wildman–Crippen LogP) is 2.40. The van der Waals surface area contributed by atoms with Gasteiger partial charge in [0, 0.05) is 30.9 Å². The van der Waals surface area contributed by atoms with Crippen molar-refractivity contribution in [2.45, 2.75) is 6.92 Å². The average molecular weight is 244 g/mol. The first kappa shape index (κ1) is 12.4. The number of esters is 1. The molecular formula is C14H16N2O2. The Bertz CT molecular complexity index is 606. The highest BCUT2D eigenvalue weighted by Crippen LogP contribution is 2.26. The second kappa shape index (κ2) is 4.64. The van der Waals surface area contributed by atoms with E-state index in [1.165, 1.54) is 7.11 Å². The van der Waals surface area contributed by atoms with Crippen LogP contribution in [0.2, 0.25) is 0 Å². The lowest BCUT2D eigenvalue weighted by Gasteiger charge is -2.16. The summed E-state index contributed by atoms with van der Waals surface area (Å²) in [6, 6.07) is 7.46. The highest BCUT2D eigenvalue weighted by atomic mass is 16.5. The minimum atomic E-state index is -0.341. The summed E-state index contributed by atoms with van der Waals surface area (Å²) in [6.45, 7) is 1.94. The Kier molecular flexibility index (Phi) is 3.19. The number of anilines is 1. The third kappa shape index (κ3) is 2.14. The van der Waals surface area contributed by atoms with E-state index in [0.717, 1.165) is 22.3 Å². The van der Waals surface area contributed by atoms with Crippen LogP contribution in [0.3, 0.4) is 0 Å². The molecule has 18 heavy (non-hydrogen) atoms. The zero-order valence-corrected chi connectivity index (χ0v) is 11.0. The maximum absolute atomic E-state index is 11.5. The Morgan fingerprint density at radius 2 is 2.00 bits per heavy atom. The van der Waals surface area contributed by atoms with Crippen LogP contribution in [0, 0.1) is 6.92 Å². The quantitative estimate of drug-likeness (QED) is 0.761. The van der Waals surface area contributed by atoms with E-state index in [4.69, 9.17) is 4.74 Å². The second-order valence-electron chi connectivity index (χ2n) is 4.40. The number of hydrogen-bond donors (Lipinski definition) is 0. The van der Waals surface area contributed by atoms with Crippen LogP contribution >= 0.6 is 0 Å². The van der Waals surface area contributed by atoms with Crippen molar-refractivity contribution >= 4 is 22.6 Å². The van der Waals surface area contributed by atoms with Crippen LogP contribution in [0.4, 0.5) is 5.69 Å². The van der Waals surface area contributed by atoms with Crippen LogP contribution < -0.4 is 4.90 Å². The molecule has 2 aromatic rings. The van der Waals surface area contributed by atoms with Gasteiger partial charge in [-0.05, 0) is 31.2 Å². The van der Waals surface area contributed by atoms with Gasteiger partial charge in [-0.2, -0.15) is 0 Å². The molecule has 0 radical (unpaired) electrons. The van der Waals surface area contributed by atoms with Crippen LogP contribution in [0.5, 0.6) is 0 Å². The van der Waals surface area contributed by atoms with Crippen molar-refractivity contribution < 1.29 is 9.53 Å². The molecule has 1 aromatic heterocycles. The lowest BCUT2D eigenvalue weighted by molar-refractivity contribution is 0.0601. The average Bonchev–Trinajstić information content (AvgIpc) is 2.35. The van der Waals surface area contributed by atoms with E-state index in [9.17, 15) is 4.79 Å². The third-order valence-electron chi connectivity index (χ3n) is 2.82. The first-order chi connectivity index (χ1) is 8.52. The summed E-state index contributed by atoms with van der Waals surface area (Å²) in [5.74, 6) is -0.341. The van der Waals surface area contributed by atoms with Crippen LogP contribution in [0.15, 0.2) is 24.3 Å². The number of carbonyl (C=O) groups is 1. The molecule has 0 saturated carbocycles. The van der Waals surface area contributed by atoms with Crippen molar-refractivity contribution in [3.8, 4) is 0 Å². The van der Waals surface area contributed by atoms with E-state index in [-0.39, 0.29) is 5.97 Å². The van der Waals surface area contributed by atoms with Gasteiger partial charge in [0.25, 0.3) is 0 Å². The van der Waals surface area contributed by atoms with E-state index in [1.807, 2.05) is 38.1 Å². The van der Waals surface area contributed by atoms with Gasteiger partial charge in [-0.3, -0.25) is 4.98 Å². The first-order valence-corrected chi connectivity index (χ1v) is 5.70. The Hall–Kier alpha value is -2.10. The maximum Gasteiger partial charge on any atom is 0.337 e. The number of nitrogens with zero attached hydrogens (tertiary/aromatic N) is 2. The number of aromatic nitrogens is 1. The summed E-state index contributed by atoms with van der Waals surface area (Å²) in [7, 11) is 5.35. The number of aryl methyl sites for hydroxylation is 1. The molecule has 0 aliphatic carbocycles. The first-order valence-electron chi connectivity index (χ1n) is 5.70. The van der Waals surface area contributed by atoms with Crippen molar-refractivity contribution in [2.24, 2.45) is 0 Å². The van der Waals surface area contributed by atoms with Crippen LogP contribution in [0.1, 0.15) is 16.1 Å². The Morgan fingerprint density at radius 3 is 2.61 bits per heavy atom. The van der Waals surface area contributed by atoms with E-state index >= 15 is 0 Å². The zero-order valence-electron chi connectivity index (χ0n) is 11.0. The number of fused-ring (bicyclic) bond motifs is 1. The van der Waals surface area contributed by atoms with Crippen molar-refractivity contribution in [3.05, 3.63) is 35.5 Å². The zero-order chi connectivity index (χ0) is 13.3. The van der Waals surface area contributed by atoms with Gasteiger partial charge < -0.3 is 9.64 Å². The largest absolute Gasteiger partial charge is 0.465 e. The number of ether oxygens (including phenoxy) is 1. The SMILES string of the molecule is COC(=O)c1ccc2c(N(C)C)cc(C)nc2c1. The summed E-state index contributed by atoms with van der Waals surface area (Å²) in [6.07, 6.45) is 0. The molecule has 1 heterocycles. The molecule has 94 valence electrons. The standard InChI is InChI=1S/C14H16N2O2/c1-9-7-13(16(2)3)11-6-5-10(14(17)18-4)8-12(11)15-9/h5-8H,1-4H3. The second-order valence-corrected chi connectivity index (χ2v) is 4.40. The molecule has 2 rings (SSSR count). The Morgan fingerprint density at radius 1 is 1.28 bits per heavy atom. The predicted molar refractivity (Wildman–Crippen MR) is 72.1 cm³/mol. The fourth-order valence-electron chi connectivity index (χ4n) is 1.95. The molecule has 4 nitrogen and oxygen atoms in total. The minimum absolute atomic E-state index is 0.341. The Labute approximate surface area is 106 Å². The van der Waals surface area contributed by atoms with Gasteiger partial charge in [0.2, 0.25) is 0 Å². The van der Waals surface area contributed by atoms with Gasteiger partial charge >= 0.3 is 5.97 Å². The summed E-state index contributed by atoms with van der Waals surface area (Å²) in [5.41, 5.74) is 3.34. The number of pyridine rings is 1. The van der Waals surface area contributed by atoms with Crippen molar-refractivity contribution in [1.29, 1.82) is 0 Å². The minimum Gasteiger partial charge on any atom is -0.465 e. The van der Waals surface area contributed by atoms with E-state index in [1.54, 1.807) is 12.1 Å². The Balaban J connectivity index is 2.67. The molecule has 0 saturated heterocycles. The maximum atomic E-state index is 11.5. The fourth-order valence-corrected chi connectivity index (χ4v) is 1.95. The number of hydrogen-bond acceptors (Lipinski definition) is 4. The number of methoxy groups -OCH3 is 1. The highest BCUT2D eigenvalue weighted by Gasteiger charge is 2.10. The lowest BCUT2D eigenvalue weighted by Crippen LogP contribution is -2.10. The topological polar surface area (TPSA) is 42.4 Å². The smallest absolute Gasteiger partial charge is 0.337 e. The number of benzene rings is 1. The highest BCUT2D eigenvalue weighted by molar-refractivity contribution is 5.98. The fraction of sp³-hybridized carbons (Fsp3) is 0.286. The van der Waals surface area contributed by atoms with E-state index < -0.39 is 0 Å². The van der Waals surface area contributed by atoms with E-state index in [0.29, 0.717) is 5.56 Å². The summed E-state index contributed by atoms with van der Waals surface area (Å²) < 4.78 is 4.72. The number of carbonyl (C=O) groups excluding carboxylic acids is 1. The van der Waals surface area contributed by atoms with Gasteiger partial charge in [0.1, 0.15) is 0 Å². The normalized spacial score (nSPS) is 10.4. The molecule has 0 aliphatic heterocycles. The van der Waals surface area contributed by atoms with Crippen LogP contribution in [-0.2, 0) is 4.74 Å². The molecule has 0 atom stereocenters. The van der Waals surface area contributed by atoms with Gasteiger partial charge in [-0.1, -0.05) is 0 Å². The number of rotatable bonds is 2. The van der Waals surface area contributed by atoms with Gasteiger partial charge in [-0.25, -0.2) is 4.79 Å². The molecule has 1 aromatic carbocycles. The van der Waals surface area contributed by atoms with Crippen molar-refractivity contribution in [3.63, 3.8) is 0 Å². The van der Waals surface area contributed by atoms with Gasteiger partial charge in [0.05, 0.1) is 18.2 Å². The monoisotopic (exact) mass is 244 g/mol. The summed E-state index contributed by atoms with van der Waals surface area (Å²) >= 11 is 0. The summed E-state index contributed by atoms with van der Waals surface area (Å²) in [4.78, 5) is 18.0. The molecular weight excluding hydrogens is 228 g/mol. The molecule has 0 unspecified atom stereocenters. The molecule has 0 fully saturated rings. The van der Waals surface area contributed by atoms with Crippen LogP contribution in [-0.4, -0.2) is 32.2 Å².